The number of halogens is 1. The highest BCUT2D eigenvalue weighted by atomic mass is 19.1. The summed E-state index contributed by atoms with van der Waals surface area (Å²) in [7, 11) is 0. The maximum Gasteiger partial charge on any atom is 0.319 e. The highest BCUT2D eigenvalue weighted by molar-refractivity contribution is 5.89. The van der Waals surface area contributed by atoms with Gasteiger partial charge in [-0.05, 0) is 50.2 Å². The molecule has 5 atom stereocenters. The predicted molar refractivity (Wildman–Crippen MR) is 87.6 cm³/mol. The molecule has 3 aliphatic rings. The van der Waals surface area contributed by atoms with Gasteiger partial charge in [0.2, 0.25) is 0 Å². The molecule has 25 heavy (non-hydrogen) atoms. The van der Waals surface area contributed by atoms with Gasteiger partial charge in [-0.25, -0.2) is 9.18 Å². The molecule has 0 radical (unpaired) electrons. The Kier molecular flexibility index (Phi) is 4.60. The van der Waals surface area contributed by atoms with Crippen molar-refractivity contribution in [3.05, 3.63) is 30.1 Å². The third-order valence-electron chi connectivity index (χ3n) is 5.09. The number of rotatable bonds is 3. The summed E-state index contributed by atoms with van der Waals surface area (Å²) >= 11 is 0. The van der Waals surface area contributed by atoms with Crippen LogP contribution in [0.1, 0.15) is 12.8 Å². The van der Waals surface area contributed by atoms with Crippen LogP contribution in [0, 0.1) is 5.82 Å². The van der Waals surface area contributed by atoms with Crippen LogP contribution in [0.5, 0.6) is 0 Å². The van der Waals surface area contributed by atoms with Gasteiger partial charge >= 0.3 is 6.03 Å². The molecule has 7 nitrogen and oxygen atoms in total. The van der Waals surface area contributed by atoms with E-state index in [0.29, 0.717) is 12.3 Å². The number of hydrogen-bond acceptors (Lipinski definition) is 5. The number of aliphatic hydroxyl groups excluding tert-OH is 1. The molecule has 8 heteroatoms. The van der Waals surface area contributed by atoms with Gasteiger partial charge in [0.25, 0.3) is 0 Å². The number of hydrogen-bond donors (Lipinski definition) is 3. The maximum absolute atomic E-state index is 12.9. The average Bonchev–Trinajstić information content (AvgIpc) is 3.25. The third-order valence-corrected chi connectivity index (χ3v) is 5.09. The number of nitrogens with zero attached hydrogens (tertiary/aromatic N) is 1. The van der Waals surface area contributed by atoms with Crippen LogP contribution < -0.4 is 10.6 Å². The monoisotopic (exact) mass is 351 g/mol. The molecular formula is C17H22FN3O4. The van der Waals surface area contributed by atoms with E-state index in [0.717, 1.165) is 25.9 Å². The molecule has 2 amide bonds. The van der Waals surface area contributed by atoms with Crippen molar-refractivity contribution in [1.29, 1.82) is 0 Å². The lowest BCUT2D eigenvalue weighted by atomic mass is 9.95. The minimum absolute atomic E-state index is 0.280. The van der Waals surface area contributed by atoms with Crippen molar-refractivity contribution >= 4 is 11.7 Å². The predicted octanol–water partition coefficient (Wildman–Crippen LogP) is 0.896. The third kappa shape index (κ3) is 3.35. The normalized spacial score (nSPS) is 34.9. The number of anilines is 1. The number of likely N-dealkylation sites (tertiary alicyclic amines) is 1. The molecule has 3 heterocycles. The zero-order valence-corrected chi connectivity index (χ0v) is 13.7. The van der Waals surface area contributed by atoms with E-state index in [2.05, 4.69) is 15.5 Å². The summed E-state index contributed by atoms with van der Waals surface area (Å²) in [6.45, 7) is 2.13. The number of urea groups is 1. The van der Waals surface area contributed by atoms with E-state index in [4.69, 9.17) is 9.47 Å². The van der Waals surface area contributed by atoms with Crippen LogP contribution in [-0.4, -0.2) is 66.3 Å². The minimum Gasteiger partial charge on any atom is -0.389 e. The van der Waals surface area contributed by atoms with Gasteiger partial charge in [-0.3, -0.25) is 4.90 Å². The fourth-order valence-electron chi connectivity index (χ4n) is 3.86. The van der Waals surface area contributed by atoms with E-state index in [1.807, 2.05) is 0 Å². The standard InChI is InChI=1S/C17H22FN3O4/c18-10-3-5-11(6-4-10)19-17(23)20-13-12-9-24-16(25-12)14(15(13)22)21-7-1-2-8-21/h3-6,12-16,22H,1-2,7-9H2,(H2,19,20,23)/t12-,13-,14-,15+,16-/m1/s1. The first-order valence-electron chi connectivity index (χ1n) is 8.64. The zero-order valence-electron chi connectivity index (χ0n) is 13.7. The number of carbonyl (C=O) groups excluding carboxylic acids is 1. The highest BCUT2D eigenvalue weighted by Gasteiger charge is 2.52. The molecule has 2 bridgehead atoms. The van der Waals surface area contributed by atoms with Crippen LogP contribution in [0.25, 0.3) is 0 Å². The Labute approximate surface area is 145 Å². The van der Waals surface area contributed by atoms with E-state index in [9.17, 15) is 14.3 Å². The molecule has 1 aromatic carbocycles. The van der Waals surface area contributed by atoms with E-state index in [1.54, 1.807) is 0 Å². The number of benzene rings is 1. The first-order chi connectivity index (χ1) is 12.1. The van der Waals surface area contributed by atoms with Crippen molar-refractivity contribution in [3.8, 4) is 0 Å². The van der Waals surface area contributed by atoms with Gasteiger partial charge in [0, 0.05) is 5.69 Å². The topological polar surface area (TPSA) is 83.1 Å². The molecular weight excluding hydrogens is 329 g/mol. The van der Waals surface area contributed by atoms with Gasteiger partial charge in [0.05, 0.1) is 24.8 Å². The van der Waals surface area contributed by atoms with Crippen molar-refractivity contribution in [2.24, 2.45) is 0 Å². The summed E-state index contributed by atoms with van der Waals surface area (Å²) in [5.74, 6) is -0.371. The van der Waals surface area contributed by atoms with Gasteiger partial charge in [-0.15, -0.1) is 0 Å². The lowest BCUT2D eigenvalue weighted by molar-refractivity contribution is -0.177. The van der Waals surface area contributed by atoms with Crippen LogP contribution in [0.2, 0.25) is 0 Å². The SMILES string of the molecule is O=C(Nc1ccc(F)cc1)N[C@H]1[C@H](O)[C@@H](N2CCCC2)[C@@H]2OC[C@H]1O2. The first-order valence-corrected chi connectivity index (χ1v) is 8.64. The zero-order chi connectivity index (χ0) is 17.4. The smallest absolute Gasteiger partial charge is 0.319 e. The van der Waals surface area contributed by atoms with Crippen LogP contribution in [-0.2, 0) is 9.47 Å². The number of fused-ring (bicyclic) bond motifs is 2. The Balaban J connectivity index is 1.43. The minimum atomic E-state index is -0.775. The Morgan fingerprint density at radius 1 is 1.24 bits per heavy atom. The summed E-state index contributed by atoms with van der Waals surface area (Å²) in [5, 5.41) is 16.3. The van der Waals surface area contributed by atoms with E-state index >= 15 is 0 Å². The second-order valence-electron chi connectivity index (χ2n) is 6.73. The fraction of sp³-hybridized carbons (Fsp3) is 0.588. The van der Waals surface area contributed by atoms with E-state index in [-0.39, 0.29) is 18.0 Å². The lowest BCUT2D eigenvalue weighted by Gasteiger charge is -2.42. The fourth-order valence-corrected chi connectivity index (χ4v) is 3.86. The van der Waals surface area contributed by atoms with Gasteiger partial charge in [-0.1, -0.05) is 0 Å². The van der Waals surface area contributed by atoms with Gasteiger partial charge in [-0.2, -0.15) is 0 Å². The summed E-state index contributed by atoms with van der Waals surface area (Å²) < 4.78 is 24.5. The second kappa shape index (κ2) is 6.87. The molecule has 3 saturated heterocycles. The van der Waals surface area contributed by atoms with Crippen molar-refractivity contribution in [3.63, 3.8) is 0 Å². The molecule has 3 fully saturated rings. The van der Waals surface area contributed by atoms with Crippen molar-refractivity contribution < 1.29 is 23.8 Å². The number of amides is 2. The van der Waals surface area contributed by atoms with Crippen molar-refractivity contribution in [1.82, 2.24) is 10.2 Å². The van der Waals surface area contributed by atoms with Crippen LogP contribution >= 0.6 is 0 Å². The first kappa shape index (κ1) is 16.7. The van der Waals surface area contributed by atoms with E-state index < -0.39 is 24.5 Å². The number of carbonyl (C=O) groups is 1. The molecule has 3 aliphatic heterocycles. The molecule has 1 aromatic rings. The molecule has 0 aromatic heterocycles. The van der Waals surface area contributed by atoms with Crippen molar-refractivity contribution in [2.75, 3.05) is 25.0 Å². The molecule has 4 rings (SSSR count). The van der Waals surface area contributed by atoms with Gasteiger partial charge in [0.15, 0.2) is 6.29 Å². The van der Waals surface area contributed by atoms with Gasteiger partial charge < -0.3 is 25.2 Å². The molecule has 0 unspecified atom stereocenters. The maximum atomic E-state index is 12.9. The van der Waals surface area contributed by atoms with Crippen LogP contribution in [0.15, 0.2) is 24.3 Å². The Hall–Kier alpha value is -1.74. The largest absolute Gasteiger partial charge is 0.389 e. The number of aliphatic hydroxyl groups is 1. The molecule has 136 valence electrons. The number of ether oxygens (including phenoxy) is 2. The number of nitrogens with one attached hydrogen (secondary N) is 2. The average molecular weight is 351 g/mol. The van der Waals surface area contributed by atoms with Gasteiger partial charge in [0.1, 0.15) is 11.9 Å². The van der Waals surface area contributed by atoms with Crippen LogP contribution in [0.4, 0.5) is 14.9 Å². The molecule has 0 spiro atoms. The Morgan fingerprint density at radius 2 is 1.96 bits per heavy atom. The Bertz CT molecular complexity index is 621. The summed E-state index contributed by atoms with van der Waals surface area (Å²) in [5.41, 5.74) is 0.474. The summed E-state index contributed by atoms with van der Waals surface area (Å²) in [6, 6.07) is 4.18. The van der Waals surface area contributed by atoms with Crippen LogP contribution in [0.3, 0.4) is 0 Å². The molecule has 3 N–H and O–H groups in total. The molecule has 0 aliphatic carbocycles. The Morgan fingerprint density at radius 3 is 2.68 bits per heavy atom. The quantitative estimate of drug-likeness (QED) is 0.754. The second-order valence-corrected chi connectivity index (χ2v) is 6.73. The molecule has 0 saturated carbocycles. The van der Waals surface area contributed by atoms with E-state index in [1.165, 1.54) is 24.3 Å². The lowest BCUT2D eigenvalue weighted by Crippen LogP contribution is -2.65. The van der Waals surface area contributed by atoms with Crippen molar-refractivity contribution in [2.45, 2.75) is 43.4 Å². The highest BCUT2D eigenvalue weighted by Crippen LogP contribution is 2.32. The summed E-state index contributed by atoms with van der Waals surface area (Å²) in [4.78, 5) is 14.4. The summed E-state index contributed by atoms with van der Waals surface area (Å²) in [6.07, 6.45) is 0.572.